The minimum atomic E-state index is -5.35. The topological polar surface area (TPSA) is 9.23 Å². The third kappa shape index (κ3) is 6.90. The number of allylic oxidation sites excluding steroid dienone is 2. The third-order valence-corrected chi connectivity index (χ3v) is 5.15. The van der Waals surface area contributed by atoms with E-state index in [1.807, 2.05) is 5.92 Å². The maximum absolute atomic E-state index is 14.6. The highest BCUT2D eigenvalue weighted by atomic mass is 19.4. The Balaban J connectivity index is 1.89. The van der Waals surface area contributed by atoms with Crippen molar-refractivity contribution >= 4 is 0 Å². The Morgan fingerprint density at radius 2 is 1.21 bits per heavy atom. The monoisotopic (exact) mass is 564 g/mol. The standard InChI is InChI=1S/C27H15F11O/c1-2-3-4-5-14-8-22(32)25(23(33)9-14)27(37,38)39-16-12-18(28)17(19(29)13-16)7-6-15-10-20(30)24(21(31)11-15)26(34,35)36/h2-3,8-13H,4-5H2,1H3/b3-2+. The molecule has 3 aromatic rings. The van der Waals surface area contributed by atoms with Crippen LogP contribution in [0.4, 0.5) is 48.3 Å². The Kier molecular flexibility index (Phi) is 8.63. The first-order valence-electron chi connectivity index (χ1n) is 10.9. The minimum Gasteiger partial charge on any atom is -0.429 e. The summed E-state index contributed by atoms with van der Waals surface area (Å²) in [5.41, 5.74) is -5.74. The number of hydrogen-bond acceptors (Lipinski definition) is 1. The molecular formula is C27H15F11O. The van der Waals surface area contributed by atoms with Gasteiger partial charge in [-0.2, -0.15) is 22.0 Å². The minimum absolute atomic E-state index is 0.0791. The van der Waals surface area contributed by atoms with Crippen molar-refractivity contribution in [2.45, 2.75) is 32.1 Å². The first-order valence-corrected chi connectivity index (χ1v) is 10.9. The van der Waals surface area contributed by atoms with Gasteiger partial charge in [-0.15, -0.1) is 0 Å². The fourth-order valence-electron chi connectivity index (χ4n) is 3.44. The van der Waals surface area contributed by atoms with Crippen LogP contribution >= 0.6 is 0 Å². The van der Waals surface area contributed by atoms with E-state index in [1.165, 1.54) is 0 Å². The van der Waals surface area contributed by atoms with Gasteiger partial charge in [-0.1, -0.05) is 24.0 Å². The van der Waals surface area contributed by atoms with E-state index in [9.17, 15) is 48.3 Å². The summed E-state index contributed by atoms with van der Waals surface area (Å²) < 4.78 is 156. The number of benzene rings is 3. The summed E-state index contributed by atoms with van der Waals surface area (Å²) in [4.78, 5) is 0. The molecule has 0 aliphatic carbocycles. The van der Waals surface area contributed by atoms with Crippen molar-refractivity contribution in [3.05, 3.63) is 111 Å². The van der Waals surface area contributed by atoms with E-state index in [1.54, 1.807) is 25.0 Å². The number of aryl methyl sites for hydroxylation is 1. The van der Waals surface area contributed by atoms with E-state index in [-0.39, 0.29) is 36.2 Å². The van der Waals surface area contributed by atoms with E-state index < -0.39 is 75.2 Å². The summed E-state index contributed by atoms with van der Waals surface area (Å²) in [6.07, 6.45) is -6.15. The van der Waals surface area contributed by atoms with Crippen LogP contribution in [0.5, 0.6) is 5.75 Å². The zero-order valence-corrected chi connectivity index (χ0v) is 19.6. The summed E-state index contributed by atoms with van der Waals surface area (Å²) in [5, 5.41) is 0. The largest absolute Gasteiger partial charge is 0.432 e. The van der Waals surface area contributed by atoms with Crippen LogP contribution in [0.2, 0.25) is 0 Å². The lowest BCUT2D eigenvalue weighted by molar-refractivity contribution is -0.189. The molecule has 39 heavy (non-hydrogen) atoms. The second-order valence-electron chi connectivity index (χ2n) is 7.99. The molecule has 12 heteroatoms. The normalized spacial score (nSPS) is 12.0. The molecule has 0 heterocycles. The van der Waals surface area contributed by atoms with E-state index in [4.69, 9.17) is 0 Å². The van der Waals surface area contributed by atoms with Crippen LogP contribution in [0.3, 0.4) is 0 Å². The van der Waals surface area contributed by atoms with Crippen LogP contribution in [-0.4, -0.2) is 0 Å². The van der Waals surface area contributed by atoms with Gasteiger partial charge >= 0.3 is 12.3 Å². The maximum Gasteiger partial charge on any atom is 0.432 e. The predicted octanol–water partition coefficient (Wildman–Crippen LogP) is 8.58. The first kappa shape index (κ1) is 29.5. The molecule has 0 fully saturated rings. The van der Waals surface area contributed by atoms with Gasteiger partial charge in [0.25, 0.3) is 0 Å². The van der Waals surface area contributed by atoms with E-state index in [0.717, 1.165) is 0 Å². The molecule has 3 rings (SSSR count). The molecule has 0 spiro atoms. The van der Waals surface area contributed by atoms with Crippen LogP contribution < -0.4 is 4.74 Å². The fraction of sp³-hybridized carbons (Fsp3) is 0.185. The van der Waals surface area contributed by atoms with Gasteiger partial charge < -0.3 is 4.74 Å². The molecule has 0 aliphatic rings. The molecule has 0 amide bonds. The van der Waals surface area contributed by atoms with Gasteiger partial charge in [0.15, 0.2) is 0 Å². The van der Waals surface area contributed by atoms with Gasteiger partial charge in [-0.05, 0) is 49.6 Å². The lowest BCUT2D eigenvalue weighted by Crippen LogP contribution is -2.25. The van der Waals surface area contributed by atoms with Gasteiger partial charge in [0.05, 0.1) is 5.56 Å². The van der Waals surface area contributed by atoms with Gasteiger partial charge in [-0.3, -0.25) is 0 Å². The van der Waals surface area contributed by atoms with Crippen LogP contribution in [0.15, 0.2) is 48.6 Å². The Labute approximate surface area is 214 Å². The average molecular weight is 564 g/mol. The molecular weight excluding hydrogens is 549 g/mol. The highest BCUT2D eigenvalue weighted by Crippen LogP contribution is 2.37. The Morgan fingerprint density at radius 3 is 1.69 bits per heavy atom. The highest BCUT2D eigenvalue weighted by molar-refractivity contribution is 5.47. The van der Waals surface area contributed by atoms with Crippen molar-refractivity contribution < 1.29 is 53.0 Å². The van der Waals surface area contributed by atoms with Crippen molar-refractivity contribution in [2.24, 2.45) is 0 Å². The molecule has 0 radical (unpaired) electrons. The Morgan fingerprint density at radius 1 is 0.692 bits per heavy atom. The van der Waals surface area contributed by atoms with Crippen molar-refractivity contribution in [1.29, 1.82) is 0 Å². The summed E-state index contributed by atoms with van der Waals surface area (Å²) in [7, 11) is 0. The highest BCUT2D eigenvalue weighted by Gasteiger charge is 2.41. The number of hydrogen-bond donors (Lipinski definition) is 0. The molecule has 1 nitrogen and oxygen atoms in total. The predicted molar refractivity (Wildman–Crippen MR) is 118 cm³/mol. The van der Waals surface area contributed by atoms with Gasteiger partial charge in [0, 0.05) is 17.7 Å². The molecule has 0 saturated heterocycles. The van der Waals surface area contributed by atoms with E-state index >= 15 is 0 Å². The second kappa shape index (κ2) is 11.4. The molecule has 3 aromatic carbocycles. The van der Waals surface area contributed by atoms with E-state index in [0.29, 0.717) is 18.6 Å². The number of halogens is 11. The van der Waals surface area contributed by atoms with Crippen molar-refractivity contribution in [3.63, 3.8) is 0 Å². The molecule has 0 atom stereocenters. The molecule has 0 aromatic heterocycles. The van der Waals surface area contributed by atoms with Crippen LogP contribution in [-0.2, 0) is 18.7 Å². The lowest BCUT2D eigenvalue weighted by atomic mass is 10.0. The van der Waals surface area contributed by atoms with E-state index in [2.05, 4.69) is 4.74 Å². The maximum atomic E-state index is 14.6. The van der Waals surface area contributed by atoms with Crippen LogP contribution in [0.25, 0.3) is 0 Å². The fourth-order valence-corrected chi connectivity index (χ4v) is 3.44. The second-order valence-corrected chi connectivity index (χ2v) is 7.99. The lowest BCUT2D eigenvalue weighted by Gasteiger charge is -2.20. The van der Waals surface area contributed by atoms with Crippen LogP contribution in [0.1, 0.15) is 41.2 Å². The summed E-state index contributed by atoms with van der Waals surface area (Å²) >= 11 is 0. The number of alkyl halides is 5. The van der Waals surface area contributed by atoms with Crippen LogP contribution in [0, 0.1) is 46.7 Å². The SMILES string of the molecule is C/C=C/CCc1cc(F)c(C(F)(F)Oc2cc(F)c(C#Cc3cc(F)c(C(F)(F)F)c(F)c3)c(F)c2)c(F)c1. The Hall–Kier alpha value is -4.01. The summed E-state index contributed by atoms with van der Waals surface area (Å²) in [6, 6.07) is 2.12. The van der Waals surface area contributed by atoms with Gasteiger partial charge in [0.2, 0.25) is 0 Å². The average Bonchev–Trinajstić information content (AvgIpc) is 2.76. The smallest absolute Gasteiger partial charge is 0.429 e. The van der Waals surface area contributed by atoms with Crippen molar-refractivity contribution in [3.8, 4) is 17.6 Å². The van der Waals surface area contributed by atoms with Crippen molar-refractivity contribution in [1.82, 2.24) is 0 Å². The zero-order chi connectivity index (χ0) is 29.1. The first-order chi connectivity index (χ1) is 18.1. The number of ether oxygens (including phenoxy) is 1. The molecule has 0 unspecified atom stereocenters. The number of rotatable bonds is 6. The van der Waals surface area contributed by atoms with Crippen molar-refractivity contribution in [2.75, 3.05) is 0 Å². The molecule has 0 aliphatic heterocycles. The Bertz CT molecular complexity index is 1410. The molecule has 0 saturated carbocycles. The molecule has 0 bridgehead atoms. The zero-order valence-electron chi connectivity index (χ0n) is 19.6. The van der Waals surface area contributed by atoms with Gasteiger partial charge in [0.1, 0.15) is 51.8 Å². The molecule has 0 N–H and O–H groups in total. The van der Waals surface area contributed by atoms with Gasteiger partial charge in [-0.25, -0.2) is 26.3 Å². The summed E-state index contributed by atoms with van der Waals surface area (Å²) in [6.45, 7) is 1.72. The summed E-state index contributed by atoms with van der Waals surface area (Å²) in [5.74, 6) is -8.14. The molecule has 206 valence electrons. The third-order valence-electron chi connectivity index (χ3n) is 5.15. The quantitative estimate of drug-likeness (QED) is 0.166.